The van der Waals surface area contributed by atoms with Crippen molar-refractivity contribution in [3.05, 3.63) is 52.8 Å². The molecule has 1 saturated heterocycles. The number of fused-ring (bicyclic) bond motifs is 1. The van der Waals surface area contributed by atoms with Crippen LogP contribution in [0.3, 0.4) is 0 Å². The van der Waals surface area contributed by atoms with Crippen LogP contribution in [0.15, 0.2) is 42.2 Å². The van der Waals surface area contributed by atoms with Crippen molar-refractivity contribution < 1.29 is 4.79 Å². The van der Waals surface area contributed by atoms with E-state index in [1.54, 1.807) is 17.1 Å². The maximum absolute atomic E-state index is 11.8. The first-order valence-corrected chi connectivity index (χ1v) is 9.54. The summed E-state index contributed by atoms with van der Waals surface area (Å²) in [5, 5.41) is 8.39. The van der Waals surface area contributed by atoms with Crippen LogP contribution in [0.2, 0.25) is 5.02 Å². The van der Waals surface area contributed by atoms with E-state index in [0.29, 0.717) is 16.2 Å². The average Bonchev–Trinajstić information content (AvgIpc) is 3.17. The molecule has 1 aliphatic rings. The Labute approximate surface area is 167 Å². The van der Waals surface area contributed by atoms with Crippen LogP contribution >= 0.6 is 11.6 Å². The normalized spacial score (nSPS) is 14.3. The second-order valence-electron chi connectivity index (χ2n) is 6.63. The van der Waals surface area contributed by atoms with Crippen LogP contribution in [0.1, 0.15) is 25.7 Å². The first-order chi connectivity index (χ1) is 13.5. The molecule has 0 saturated carbocycles. The van der Waals surface area contributed by atoms with Gasteiger partial charge in [0, 0.05) is 31.9 Å². The van der Waals surface area contributed by atoms with E-state index < -0.39 is 0 Å². The van der Waals surface area contributed by atoms with Crippen molar-refractivity contribution in [1.29, 1.82) is 0 Å². The predicted octanol–water partition coefficient (Wildman–Crippen LogP) is 2.65. The Morgan fingerprint density at radius 1 is 1.18 bits per heavy atom. The van der Waals surface area contributed by atoms with E-state index in [1.807, 2.05) is 18.1 Å². The van der Waals surface area contributed by atoms with Gasteiger partial charge in [0.15, 0.2) is 0 Å². The van der Waals surface area contributed by atoms with Gasteiger partial charge in [-0.05, 0) is 18.9 Å². The number of halogens is 1. The number of aromatic nitrogens is 5. The highest BCUT2D eigenvalue weighted by molar-refractivity contribution is 6.33. The number of H-pyrrole nitrogens is 1. The predicted molar refractivity (Wildman–Crippen MR) is 108 cm³/mol. The average molecular weight is 403 g/mol. The number of amides is 1. The Morgan fingerprint density at radius 3 is 2.50 bits per heavy atom. The van der Waals surface area contributed by atoms with Gasteiger partial charge >= 0.3 is 0 Å². The van der Waals surface area contributed by atoms with Crippen molar-refractivity contribution in [2.75, 3.05) is 13.1 Å². The molecule has 1 fully saturated rings. The van der Waals surface area contributed by atoms with Crippen LogP contribution in [-0.4, -0.2) is 48.3 Å². The third kappa shape index (κ3) is 4.51. The van der Waals surface area contributed by atoms with Crippen LogP contribution in [-0.2, 0) is 11.8 Å². The van der Waals surface area contributed by atoms with Crippen molar-refractivity contribution in [3.8, 4) is 11.3 Å². The molecule has 3 aromatic rings. The van der Waals surface area contributed by atoms with E-state index >= 15 is 0 Å². The van der Waals surface area contributed by atoms with Gasteiger partial charge in [-0.2, -0.15) is 10.2 Å². The summed E-state index contributed by atoms with van der Waals surface area (Å²) in [5.41, 5.74) is 1.54. The second-order valence-corrected chi connectivity index (χ2v) is 7.04. The van der Waals surface area contributed by atoms with Gasteiger partial charge in [-0.1, -0.05) is 31.0 Å². The topological polar surface area (TPSA) is 88.3 Å². The molecule has 0 atom stereocenters. The lowest BCUT2D eigenvalue weighted by atomic mass is 10.2. The molecule has 0 unspecified atom stereocenters. The first kappa shape index (κ1) is 19.9. The summed E-state index contributed by atoms with van der Waals surface area (Å²) in [4.78, 5) is 27.6. The lowest BCUT2D eigenvalue weighted by molar-refractivity contribution is -0.125. The smallest absolute Gasteiger partial charge is 0.275 e. The van der Waals surface area contributed by atoms with Crippen molar-refractivity contribution in [3.63, 3.8) is 0 Å². The summed E-state index contributed by atoms with van der Waals surface area (Å²) in [6.07, 6.45) is 12.9. The zero-order valence-electron chi connectivity index (χ0n) is 15.8. The molecule has 1 N–H and O–H groups in total. The van der Waals surface area contributed by atoms with E-state index in [0.717, 1.165) is 31.5 Å². The van der Waals surface area contributed by atoms with E-state index in [4.69, 9.17) is 11.6 Å². The summed E-state index contributed by atoms with van der Waals surface area (Å²) < 4.78 is 3.12. The highest BCUT2D eigenvalue weighted by Crippen LogP contribution is 2.17. The summed E-state index contributed by atoms with van der Waals surface area (Å²) in [5.74, 6) is 0.0897. The molecule has 1 aliphatic heterocycles. The first-order valence-electron chi connectivity index (χ1n) is 9.16. The van der Waals surface area contributed by atoms with Gasteiger partial charge in [0.1, 0.15) is 5.52 Å². The van der Waals surface area contributed by atoms with Gasteiger partial charge in [-0.3, -0.25) is 14.3 Å². The molecular formula is C19H23ClN6O2. The molecule has 9 heteroatoms. The van der Waals surface area contributed by atoms with Gasteiger partial charge in [0.2, 0.25) is 5.91 Å². The van der Waals surface area contributed by atoms with Crippen molar-refractivity contribution in [2.24, 2.45) is 7.05 Å². The number of likely N-dealkylation sites (tertiary alicyclic amines) is 1. The van der Waals surface area contributed by atoms with Crippen molar-refractivity contribution in [1.82, 2.24) is 29.3 Å². The van der Waals surface area contributed by atoms with E-state index in [-0.39, 0.29) is 11.5 Å². The third-order valence-corrected chi connectivity index (χ3v) is 4.85. The number of hydrogen-bond donors (Lipinski definition) is 1. The number of carbonyl (C=O) groups excluding carboxylic acids is 1. The Kier molecular flexibility index (Phi) is 6.30. The molecule has 0 radical (unpaired) electrons. The third-order valence-electron chi connectivity index (χ3n) is 4.57. The molecule has 0 aliphatic carbocycles. The number of nitrogens with one attached hydrogen (secondary N) is 1. The van der Waals surface area contributed by atoms with E-state index in [2.05, 4.69) is 21.8 Å². The zero-order chi connectivity index (χ0) is 20.1. The highest BCUT2D eigenvalue weighted by Gasteiger charge is 2.11. The quantitative estimate of drug-likeness (QED) is 0.667. The Hall–Kier alpha value is -2.87. The van der Waals surface area contributed by atoms with Crippen molar-refractivity contribution in [2.45, 2.75) is 25.7 Å². The fourth-order valence-corrected chi connectivity index (χ4v) is 3.33. The molecule has 4 rings (SSSR count). The standard InChI is InChI=1S/C10H8ClN5O.C9H15NO/c1-15-4-6(2-12-15)8-5-16-9(10(17)14-8)7(11)3-13-16;1-2-9(11)10-7-5-3-4-6-8-10/h2-5H,1H3,(H,14,17);2H,1,3-8H2. The molecule has 3 aromatic heterocycles. The monoisotopic (exact) mass is 402 g/mol. The zero-order valence-corrected chi connectivity index (χ0v) is 16.5. The summed E-state index contributed by atoms with van der Waals surface area (Å²) in [7, 11) is 1.81. The van der Waals surface area contributed by atoms with E-state index in [1.165, 1.54) is 29.6 Å². The van der Waals surface area contributed by atoms with Gasteiger partial charge in [0.05, 0.1) is 29.3 Å². The molecule has 0 bridgehead atoms. The SMILES string of the molecule is C=CC(=O)N1CCCCCC1.Cn1cc(-c2cn3ncc(Cl)c3c(=O)[nH]2)cn1. The fourth-order valence-electron chi connectivity index (χ4n) is 3.11. The van der Waals surface area contributed by atoms with Gasteiger partial charge in [-0.15, -0.1) is 0 Å². The maximum atomic E-state index is 11.8. The van der Waals surface area contributed by atoms with Crippen LogP contribution in [0.5, 0.6) is 0 Å². The molecular weight excluding hydrogens is 380 g/mol. The summed E-state index contributed by atoms with van der Waals surface area (Å²) in [6, 6.07) is 0. The lowest BCUT2D eigenvalue weighted by Crippen LogP contribution is -2.29. The molecule has 4 heterocycles. The largest absolute Gasteiger partial charge is 0.339 e. The van der Waals surface area contributed by atoms with Gasteiger partial charge in [-0.25, -0.2) is 4.52 Å². The van der Waals surface area contributed by atoms with Crippen LogP contribution < -0.4 is 5.56 Å². The molecule has 28 heavy (non-hydrogen) atoms. The number of aryl methyl sites for hydroxylation is 1. The highest BCUT2D eigenvalue weighted by atomic mass is 35.5. The Morgan fingerprint density at radius 2 is 1.89 bits per heavy atom. The molecule has 1 amide bonds. The lowest BCUT2D eigenvalue weighted by Gasteiger charge is -2.17. The number of carbonyl (C=O) groups is 1. The van der Waals surface area contributed by atoms with Crippen LogP contribution in [0, 0.1) is 0 Å². The molecule has 0 aromatic carbocycles. The Balaban J connectivity index is 0.000000178. The minimum absolute atomic E-state index is 0.0897. The molecule has 8 nitrogen and oxygen atoms in total. The molecule has 148 valence electrons. The minimum atomic E-state index is -0.270. The summed E-state index contributed by atoms with van der Waals surface area (Å²) in [6.45, 7) is 5.32. The van der Waals surface area contributed by atoms with Crippen LogP contribution in [0.4, 0.5) is 0 Å². The molecule has 0 spiro atoms. The summed E-state index contributed by atoms with van der Waals surface area (Å²) >= 11 is 5.86. The minimum Gasteiger partial charge on any atom is -0.339 e. The van der Waals surface area contributed by atoms with Crippen LogP contribution in [0.25, 0.3) is 16.8 Å². The number of aromatic amines is 1. The number of rotatable bonds is 2. The number of hydrogen-bond acceptors (Lipinski definition) is 4. The second kappa shape index (κ2) is 8.88. The van der Waals surface area contributed by atoms with Gasteiger partial charge in [0.25, 0.3) is 5.56 Å². The van der Waals surface area contributed by atoms with Crippen molar-refractivity contribution >= 4 is 23.0 Å². The van der Waals surface area contributed by atoms with E-state index in [9.17, 15) is 9.59 Å². The fraction of sp³-hybridized carbons (Fsp3) is 0.368. The number of nitrogens with zero attached hydrogens (tertiary/aromatic N) is 5. The van der Waals surface area contributed by atoms with Gasteiger partial charge < -0.3 is 9.88 Å². The maximum Gasteiger partial charge on any atom is 0.275 e. The Bertz CT molecular complexity index is 1030.